The number of carbonyl (C=O) groups is 3. The fraction of sp³-hybridized carbons (Fsp3) is 0.333. The lowest BCUT2D eigenvalue weighted by Crippen LogP contribution is -2.64. The molecule has 4 aliphatic rings. The molecule has 1 saturated carbocycles. The number of anilines is 1. The third-order valence-electron chi connectivity index (χ3n) is 9.20. The zero-order chi connectivity index (χ0) is 29.8. The number of halogens is 2. The topological polar surface area (TPSA) is 103 Å². The first-order chi connectivity index (χ1) is 20.7. The van der Waals surface area contributed by atoms with E-state index < -0.39 is 34.7 Å². The summed E-state index contributed by atoms with van der Waals surface area (Å²) in [5.41, 5.74) is 1.91. The number of piperazine rings is 1. The van der Waals surface area contributed by atoms with Crippen molar-refractivity contribution < 1.29 is 23.2 Å². The highest BCUT2D eigenvalue weighted by atomic mass is 19.1. The van der Waals surface area contributed by atoms with Crippen LogP contribution in [0.2, 0.25) is 0 Å². The normalized spacial score (nSPS) is 23.9. The number of hydrogen-bond acceptors (Lipinski definition) is 5. The molecule has 2 aliphatic heterocycles. The number of nitrogens with one attached hydrogen (secondary N) is 3. The predicted octanol–water partition coefficient (Wildman–Crippen LogP) is 3.80. The van der Waals surface area contributed by atoms with Gasteiger partial charge in [-0.2, -0.15) is 0 Å². The van der Waals surface area contributed by atoms with Crippen LogP contribution >= 0.6 is 0 Å². The molecule has 2 aliphatic carbocycles. The van der Waals surface area contributed by atoms with Crippen molar-refractivity contribution in [1.29, 1.82) is 0 Å². The highest BCUT2D eigenvalue weighted by Crippen LogP contribution is 2.39. The van der Waals surface area contributed by atoms with Crippen molar-refractivity contribution in [1.82, 2.24) is 15.5 Å². The van der Waals surface area contributed by atoms with E-state index in [2.05, 4.69) is 16.0 Å². The lowest BCUT2D eigenvalue weighted by atomic mass is 9.89. The maximum absolute atomic E-state index is 14.1. The van der Waals surface area contributed by atoms with Gasteiger partial charge in [-0.15, -0.1) is 0 Å². The van der Waals surface area contributed by atoms with Crippen molar-refractivity contribution >= 4 is 29.2 Å². The van der Waals surface area contributed by atoms with Crippen molar-refractivity contribution in [3.8, 4) is 0 Å². The molecule has 7 rings (SSSR count). The van der Waals surface area contributed by atoms with Crippen LogP contribution in [0.1, 0.15) is 54.0 Å². The minimum atomic E-state index is -0.924. The molecule has 1 unspecified atom stereocenters. The van der Waals surface area contributed by atoms with Gasteiger partial charge in [-0.3, -0.25) is 19.4 Å². The van der Waals surface area contributed by atoms with Gasteiger partial charge in [0.05, 0.1) is 11.6 Å². The van der Waals surface area contributed by atoms with Crippen LogP contribution < -0.4 is 16.0 Å². The molecule has 0 radical (unpaired) electrons. The summed E-state index contributed by atoms with van der Waals surface area (Å²) in [6.07, 6.45) is 3.96. The van der Waals surface area contributed by atoms with Crippen molar-refractivity contribution in [2.75, 3.05) is 18.4 Å². The second-order valence-corrected chi connectivity index (χ2v) is 12.0. The number of aliphatic imine (C=N–C) groups is 1. The maximum atomic E-state index is 14.1. The monoisotopic (exact) mass is 583 g/mol. The number of amides is 3. The van der Waals surface area contributed by atoms with E-state index in [1.807, 2.05) is 42.5 Å². The van der Waals surface area contributed by atoms with Crippen LogP contribution in [0.4, 0.5) is 14.5 Å². The fourth-order valence-electron chi connectivity index (χ4n) is 7.09. The van der Waals surface area contributed by atoms with E-state index in [1.54, 1.807) is 6.07 Å². The number of amidine groups is 1. The second kappa shape index (κ2) is 10.4. The van der Waals surface area contributed by atoms with E-state index in [9.17, 15) is 23.2 Å². The Morgan fingerprint density at radius 1 is 0.953 bits per heavy atom. The molecule has 2 fully saturated rings. The molecule has 2 heterocycles. The van der Waals surface area contributed by atoms with Gasteiger partial charge in [0.2, 0.25) is 11.8 Å². The Morgan fingerprint density at radius 3 is 2.42 bits per heavy atom. The Bertz CT molecular complexity index is 1650. The van der Waals surface area contributed by atoms with Crippen LogP contribution in [-0.2, 0) is 27.2 Å². The Kier molecular flexibility index (Phi) is 6.61. The zero-order valence-corrected chi connectivity index (χ0v) is 23.5. The van der Waals surface area contributed by atoms with Crippen molar-refractivity contribution in [2.24, 2.45) is 4.99 Å². The van der Waals surface area contributed by atoms with Gasteiger partial charge in [0.1, 0.15) is 29.6 Å². The van der Waals surface area contributed by atoms with Gasteiger partial charge in [-0.05, 0) is 53.8 Å². The van der Waals surface area contributed by atoms with Crippen LogP contribution in [0.3, 0.4) is 0 Å². The summed E-state index contributed by atoms with van der Waals surface area (Å²) < 4.78 is 28.3. The molecule has 8 nitrogen and oxygen atoms in total. The van der Waals surface area contributed by atoms with Crippen molar-refractivity contribution in [2.45, 2.75) is 55.6 Å². The largest absolute Gasteiger partial charge is 0.325 e. The summed E-state index contributed by atoms with van der Waals surface area (Å²) in [7, 11) is 0. The van der Waals surface area contributed by atoms with Gasteiger partial charge in [-0.1, -0.05) is 49.2 Å². The summed E-state index contributed by atoms with van der Waals surface area (Å²) in [6, 6.07) is 17.5. The quantitative estimate of drug-likeness (QED) is 0.425. The molecule has 3 N–H and O–H groups in total. The molecule has 220 valence electrons. The lowest BCUT2D eigenvalue weighted by Gasteiger charge is -2.45. The second-order valence-electron chi connectivity index (χ2n) is 12.0. The zero-order valence-electron chi connectivity index (χ0n) is 23.5. The summed E-state index contributed by atoms with van der Waals surface area (Å²) in [5.74, 6) is -1.70. The Balaban J connectivity index is 1.10. The SMILES string of the molecule is O=C(CN1C(=O)C2(CCCC2)NC[C@H]1c1cc(F)cc(F)c1)Nc1ccc2c(c1)CC1(C2)N=C(c2ccccc2)NC1=O. The van der Waals surface area contributed by atoms with Crippen molar-refractivity contribution in [3.05, 3.63) is 101 Å². The van der Waals surface area contributed by atoms with E-state index in [4.69, 9.17) is 4.99 Å². The summed E-state index contributed by atoms with van der Waals surface area (Å²) in [6.45, 7) is 0.0234. The minimum Gasteiger partial charge on any atom is -0.325 e. The number of benzene rings is 3. The first kappa shape index (κ1) is 27.4. The standard InChI is InChI=1S/C33H31F2N5O3/c34-24-12-22(13-25(35)15-24)27-18-36-32(10-4-5-11-32)31(43)40(27)19-28(41)37-26-9-8-21-16-33(17-23(21)14-26)30(42)38-29(39-33)20-6-2-1-3-7-20/h1-3,6-9,12-15,27,36H,4-5,10-11,16-19H2,(H,37,41)(H,38,39,42)/t27-,33?/m0/s1. The van der Waals surface area contributed by atoms with Gasteiger partial charge in [-0.25, -0.2) is 8.78 Å². The molecule has 0 bridgehead atoms. The molecule has 2 spiro atoms. The van der Waals surface area contributed by atoms with Crippen molar-refractivity contribution in [3.63, 3.8) is 0 Å². The number of nitrogens with zero attached hydrogens (tertiary/aromatic N) is 2. The first-order valence-corrected chi connectivity index (χ1v) is 14.6. The van der Waals surface area contributed by atoms with E-state index in [0.29, 0.717) is 42.8 Å². The van der Waals surface area contributed by atoms with Gasteiger partial charge in [0.15, 0.2) is 0 Å². The molecular formula is C33H31F2N5O3. The third-order valence-corrected chi connectivity index (χ3v) is 9.20. The van der Waals surface area contributed by atoms with E-state index in [0.717, 1.165) is 35.6 Å². The lowest BCUT2D eigenvalue weighted by molar-refractivity contribution is -0.147. The Morgan fingerprint density at radius 2 is 1.67 bits per heavy atom. The highest BCUT2D eigenvalue weighted by molar-refractivity contribution is 6.15. The molecule has 3 aromatic rings. The van der Waals surface area contributed by atoms with E-state index >= 15 is 0 Å². The number of hydrogen-bond donors (Lipinski definition) is 3. The average Bonchev–Trinajstić information content (AvgIpc) is 3.69. The summed E-state index contributed by atoms with van der Waals surface area (Å²) >= 11 is 0. The molecule has 10 heteroatoms. The van der Waals surface area contributed by atoms with Crippen LogP contribution in [0.5, 0.6) is 0 Å². The molecule has 43 heavy (non-hydrogen) atoms. The van der Waals surface area contributed by atoms with E-state index in [-0.39, 0.29) is 24.9 Å². The Hall–Kier alpha value is -4.44. The smallest absolute Gasteiger partial charge is 0.254 e. The average molecular weight is 584 g/mol. The third kappa shape index (κ3) is 4.89. The number of carbonyl (C=O) groups excluding carboxylic acids is 3. The summed E-state index contributed by atoms with van der Waals surface area (Å²) in [5, 5.41) is 9.17. The van der Waals surface area contributed by atoms with Gasteiger partial charge in [0.25, 0.3) is 5.91 Å². The van der Waals surface area contributed by atoms with Crippen LogP contribution in [0, 0.1) is 11.6 Å². The number of fused-ring (bicyclic) bond motifs is 1. The fourth-order valence-corrected chi connectivity index (χ4v) is 7.09. The van der Waals surface area contributed by atoms with Gasteiger partial charge >= 0.3 is 0 Å². The van der Waals surface area contributed by atoms with Gasteiger partial charge in [0, 0.05) is 36.7 Å². The molecule has 3 amide bonds. The molecule has 3 aromatic carbocycles. The minimum absolute atomic E-state index is 0.147. The van der Waals surface area contributed by atoms with Crippen LogP contribution in [-0.4, -0.2) is 52.6 Å². The predicted molar refractivity (Wildman–Crippen MR) is 156 cm³/mol. The first-order valence-electron chi connectivity index (χ1n) is 14.6. The maximum Gasteiger partial charge on any atom is 0.254 e. The van der Waals surface area contributed by atoms with E-state index in [1.165, 1.54) is 17.0 Å². The Labute approximate surface area is 247 Å². The molecule has 1 saturated heterocycles. The molecule has 2 atom stereocenters. The molecule has 0 aromatic heterocycles. The van der Waals surface area contributed by atoms with Gasteiger partial charge < -0.3 is 20.9 Å². The van der Waals surface area contributed by atoms with Crippen LogP contribution in [0.25, 0.3) is 0 Å². The van der Waals surface area contributed by atoms with Crippen LogP contribution in [0.15, 0.2) is 71.7 Å². The summed E-state index contributed by atoms with van der Waals surface area (Å²) in [4.78, 5) is 46.5. The number of rotatable bonds is 5. The highest BCUT2D eigenvalue weighted by Gasteiger charge is 2.50. The molecular weight excluding hydrogens is 552 g/mol.